The SMILES string of the molecule is CN1CCOC(CNC2CCCCCCC2)C1. The molecule has 1 saturated carbocycles. The first-order chi connectivity index (χ1) is 8.34. The minimum absolute atomic E-state index is 0.402. The van der Waals surface area contributed by atoms with Crippen molar-refractivity contribution in [3.8, 4) is 0 Å². The van der Waals surface area contributed by atoms with Gasteiger partial charge in [0.2, 0.25) is 0 Å². The Morgan fingerprint density at radius 1 is 1.12 bits per heavy atom. The normalized spacial score (nSPS) is 29.8. The second kappa shape index (κ2) is 7.34. The first kappa shape index (κ1) is 13.3. The first-order valence-electron chi connectivity index (χ1n) is 7.38. The van der Waals surface area contributed by atoms with E-state index in [4.69, 9.17) is 4.74 Å². The summed E-state index contributed by atoms with van der Waals surface area (Å²) >= 11 is 0. The average molecular weight is 240 g/mol. The highest BCUT2D eigenvalue weighted by Crippen LogP contribution is 2.17. The molecular weight excluding hydrogens is 212 g/mol. The summed E-state index contributed by atoms with van der Waals surface area (Å²) in [5, 5.41) is 3.73. The Labute approximate surface area is 106 Å². The van der Waals surface area contributed by atoms with Crippen LogP contribution in [0, 0.1) is 0 Å². The van der Waals surface area contributed by atoms with E-state index in [0.29, 0.717) is 6.10 Å². The molecule has 0 radical (unpaired) electrons. The number of morpholine rings is 1. The molecule has 100 valence electrons. The van der Waals surface area contributed by atoms with Crippen LogP contribution in [0.3, 0.4) is 0 Å². The fourth-order valence-electron chi connectivity index (χ4n) is 2.95. The fourth-order valence-corrected chi connectivity index (χ4v) is 2.95. The van der Waals surface area contributed by atoms with Gasteiger partial charge in [0.1, 0.15) is 0 Å². The molecule has 2 rings (SSSR count). The summed E-state index contributed by atoms with van der Waals surface area (Å²) in [4.78, 5) is 2.37. The molecule has 0 spiro atoms. The lowest BCUT2D eigenvalue weighted by Crippen LogP contribution is -2.46. The zero-order valence-corrected chi connectivity index (χ0v) is 11.3. The van der Waals surface area contributed by atoms with Crippen LogP contribution in [0.25, 0.3) is 0 Å². The number of nitrogens with zero attached hydrogens (tertiary/aromatic N) is 1. The molecule has 1 saturated heterocycles. The van der Waals surface area contributed by atoms with Crippen LogP contribution in [0.4, 0.5) is 0 Å². The van der Waals surface area contributed by atoms with Crippen molar-refractivity contribution in [2.45, 2.75) is 57.1 Å². The minimum Gasteiger partial charge on any atom is -0.374 e. The molecule has 2 aliphatic rings. The number of nitrogens with one attached hydrogen (secondary N) is 1. The van der Waals surface area contributed by atoms with E-state index >= 15 is 0 Å². The molecule has 0 amide bonds. The largest absolute Gasteiger partial charge is 0.374 e. The number of hydrogen-bond acceptors (Lipinski definition) is 3. The van der Waals surface area contributed by atoms with Crippen molar-refractivity contribution < 1.29 is 4.74 Å². The van der Waals surface area contributed by atoms with Crippen molar-refractivity contribution in [1.82, 2.24) is 10.2 Å². The topological polar surface area (TPSA) is 24.5 Å². The van der Waals surface area contributed by atoms with Gasteiger partial charge >= 0.3 is 0 Å². The summed E-state index contributed by atoms with van der Waals surface area (Å²) in [6.07, 6.45) is 10.3. The van der Waals surface area contributed by atoms with E-state index < -0.39 is 0 Å². The van der Waals surface area contributed by atoms with Crippen molar-refractivity contribution in [2.75, 3.05) is 33.3 Å². The summed E-state index contributed by atoms with van der Waals surface area (Å²) in [6, 6.07) is 0.742. The van der Waals surface area contributed by atoms with E-state index in [2.05, 4.69) is 17.3 Å². The lowest BCUT2D eigenvalue weighted by atomic mass is 9.96. The van der Waals surface area contributed by atoms with Gasteiger partial charge in [0.25, 0.3) is 0 Å². The van der Waals surface area contributed by atoms with E-state index in [9.17, 15) is 0 Å². The molecule has 1 heterocycles. The Balaban J connectivity index is 1.65. The Kier molecular flexibility index (Phi) is 5.75. The highest BCUT2D eigenvalue weighted by molar-refractivity contribution is 4.75. The highest BCUT2D eigenvalue weighted by Gasteiger charge is 2.19. The van der Waals surface area contributed by atoms with Gasteiger partial charge in [0.05, 0.1) is 12.7 Å². The van der Waals surface area contributed by atoms with Crippen molar-refractivity contribution in [2.24, 2.45) is 0 Å². The molecule has 0 aromatic carbocycles. The third kappa shape index (κ3) is 4.94. The molecule has 3 nitrogen and oxygen atoms in total. The van der Waals surface area contributed by atoms with E-state index in [1.807, 2.05) is 0 Å². The van der Waals surface area contributed by atoms with Crippen LogP contribution < -0.4 is 5.32 Å². The molecular formula is C14H28N2O. The third-order valence-electron chi connectivity index (χ3n) is 4.08. The van der Waals surface area contributed by atoms with Gasteiger partial charge in [-0.3, -0.25) is 0 Å². The smallest absolute Gasteiger partial charge is 0.0826 e. The quantitative estimate of drug-likeness (QED) is 0.817. The lowest BCUT2D eigenvalue weighted by molar-refractivity contribution is -0.0195. The molecule has 2 fully saturated rings. The highest BCUT2D eigenvalue weighted by atomic mass is 16.5. The maximum Gasteiger partial charge on any atom is 0.0826 e. The zero-order chi connectivity index (χ0) is 11.9. The predicted molar refractivity (Wildman–Crippen MR) is 71.3 cm³/mol. The van der Waals surface area contributed by atoms with Gasteiger partial charge in [-0.1, -0.05) is 32.1 Å². The summed E-state index contributed by atoms with van der Waals surface area (Å²) < 4.78 is 5.79. The van der Waals surface area contributed by atoms with Gasteiger partial charge in [0.15, 0.2) is 0 Å². The minimum atomic E-state index is 0.402. The van der Waals surface area contributed by atoms with Crippen LogP contribution in [0.15, 0.2) is 0 Å². The van der Waals surface area contributed by atoms with E-state index in [1.54, 1.807) is 0 Å². The average Bonchev–Trinajstić information content (AvgIpc) is 2.27. The van der Waals surface area contributed by atoms with E-state index in [-0.39, 0.29) is 0 Å². The Morgan fingerprint density at radius 2 is 1.82 bits per heavy atom. The van der Waals surface area contributed by atoms with Crippen LogP contribution in [0.1, 0.15) is 44.9 Å². The first-order valence-corrected chi connectivity index (χ1v) is 7.38. The molecule has 0 aromatic heterocycles. The van der Waals surface area contributed by atoms with Crippen molar-refractivity contribution >= 4 is 0 Å². The van der Waals surface area contributed by atoms with Crippen LogP contribution >= 0.6 is 0 Å². The molecule has 1 N–H and O–H groups in total. The number of ether oxygens (including phenoxy) is 1. The van der Waals surface area contributed by atoms with Crippen LogP contribution in [-0.2, 0) is 4.74 Å². The molecule has 0 bridgehead atoms. The van der Waals surface area contributed by atoms with E-state index in [1.165, 1.54) is 44.9 Å². The van der Waals surface area contributed by atoms with Gasteiger partial charge in [-0.25, -0.2) is 0 Å². The molecule has 1 unspecified atom stereocenters. The molecule has 0 aromatic rings. The Hall–Kier alpha value is -0.120. The van der Waals surface area contributed by atoms with E-state index in [0.717, 1.165) is 32.3 Å². The lowest BCUT2D eigenvalue weighted by Gasteiger charge is -2.31. The van der Waals surface area contributed by atoms with Crippen molar-refractivity contribution in [3.63, 3.8) is 0 Å². The second-order valence-electron chi connectivity index (χ2n) is 5.71. The fraction of sp³-hybridized carbons (Fsp3) is 1.00. The maximum atomic E-state index is 5.79. The number of hydrogen-bond donors (Lipinski definition) is 1. The van der Waals surface area contributed by atoms with Crippen molar-refractivity contribution in [1.29, 1.82) is 0 Å². The van der Waals surface area contributed by atoms with Crippen LogP contribution in [0.5, 0.6) is 0 Å². The summed E-state index contributed by atoms with van der Waals surface area (Å²) in [5.74, 6) is 0. The summed E-state index contributed by atoms with van der Waals surface area (Å²) in [5.41, 5.74) is 0. The van der Waals surface area contributed by atoms with Gasteiger partial charge in [-0.15, -0.1) is 0 Å². The van der Waals surface area contributed by atoms with Gasteiger partial charge in [-0.05, 0) is 19.9 Å². The van der Waals surface area contributed by atoms with Gasteiger partial charge in [-0.2, -0.15) is 0 Å². The Bertz CT molecular complexity index is 202. The third-order valence-corrected chi connectivity index (χ3v) is 4.08. The standard InChI is InChI=1S/C14H28N2O/c1-16-9-10-17-14(12-16)11-15-13-7-5-3-2-4-6-8-13/h13-15H,2-12H2,1H3. The summed E-state index contributed by atoms with van der Waals surface area (Å²) in [7, 11) is 2.19. The Morgan fingerprint density at radius 3 is 2.53 bits per heavy atom. The second-order valence-corrected chi connectivity index (χ2v) is 5.71. The maximum absolute atomic E-state index is 5.79. The molecule has 3 heteroatoms. The number of likely N-dealkylation sites (N-methyl/N-ethyl adjacent to an activating group) is 1. The van der Waals surface area contributed by atoms with Gasteiger partial charge in [0, 0.05) is 25.7 Å². The van der Waals surface area contributed by atoms with Crippen LogP contribution in [0.2, 0.25) is 0 Å². The molecule has 17 heavy (non-hydrogen) atoms. The molecule has 1 atom stereocenters. The van der Waals surface area contributed by atoms with Crippen LogP contribution in [-0.4, -0.2) is 50.3 Å². The molecule has 1 aliphatic heterocycles. The number of rotatable bonds is 3. The van der Waals surface area contributed by atoms with Gasteiger partial charge < -0.3 is 15.0 Å². The monoisotopic (exact) mass is 240 g/mol. The summed E-state index contributed by atoms with van der Waals surface area (Å²) in [6.45, 7) is 4.10. The van der Waals surface area contributed by atoms with Crippen molar-refractivity contribution in [3.05, 3.63) is 0 Å². The zero-order valence-electron chi connectivity index (χ0n) is 11.3. The predicted octanol–water partition coefficient (Wildman–Crippen LogP) is 2.02. The molecule has 1 aliphatic carbocycles.